The van der Waals surface area contributed by atoms with E-state index in [-0.39, 0.29) is 4.90 Å². The van der Waals surface area contributed by atoms with Gasteiger partial charge >= 0.3 is 0 Å². The van der Waals surface area contributed by atoms with Crippen LogP contribution in [0, 0.1) is 5.92 Å². The Morgan fingerprint density at radius 1 is 1.27 bits per heavy atom. The van der Waals surface area contributed by atoms with E-state index in [9.17, 15) is 8.42 Å². The van der Waals surface area contributed by atoms with Gasteiger partial charge in [-0.15, -0.1) is 0 Å². The molecule has 0 radical (unpaired) electrons. The zero-order chi connectivity index (χ0) is 15.7. The second kappa shape index (κ2) is 5.94. The predicted octanol–water partition coefficient (Wildman–Crippen LogP) is 2.18. The van der Waals surface area contributed by atoms with Crippen LogP contribution < -0.4 is 10.5 Å². The molecule has 0 amide bonds. The highest BCUT2D eigenvalue weighted by atomic mass is 79.9. The largest absolute Gasteiger partial charge is 0.381 e. The van der Waals surface area contributed by atoms with Crippen molar-refractivity contribution in [2.45, 2.75) is 17.7 Å². The smallest absolute Gasteiger partial charge is 0.240 e. The molecule has 3 rings (SSSR count). The van der Waals surface area contributed by atoms with Crippen molar-refractivity contribution in [2.24, 2.45) is 5.92 Å². The van der Waals surface area contributed by atoms with E-state index in [4.69, 9.17) is 5.73 Å². The summed E-state index contributed by atoms with van der Waals surface area (Å²) in [7, 11) is -3.44. The van der Waals surface area contributed by atoms with Gasteiger partial charge in [-0.3, -0.25) is 0 Å². The molecule has 0 atom stereocenters. The lowest BCUT2D eigenvalue weighted by molar-refractivity contribution is 0.577. The lowest BCUT2D eigenvalue weighted by atomic mass is 10.2. The molecular weight excluding hydrogens is 368 g/mol. The Morgan fingerprint density at radius 3 is 2.55 bits per heavy atom. The summed E-state index contributed by atoms with van der Waals surface area (Å²) in [6, 6.07) is 6.55. The van der Waals surface area contributed by atoms with Crippen LogP contribution in [-0.4, -0.2) is 24.9 Å². The molecule has 1 aromatic heterocycles. The van der Waals surface area contributed by atoms with Gasteiger partial charge in [-0.25, -0.2) is 23.1 Å². The summed E-state index contributed by atoms with van der Waals surface area (Å²) in [4.78, 5) is 8.54. The molecule has 1 saturated carbocycles. The molecule has 0 bridgehead atoms. The summed E-state index contributed by atoms with van der Waals surface area (Å²) >= 11 is 3.23. The third kappa shape index (κ3) is 3.45. The van der Waals surface area contributed by atoms with Crippen LogP contribution >= 0.6 is 15.9 Å². The Kier molecular flexibility index (Phi) is 4.16. The number of benzene rings is 1. The maximum Gasteiger partial charge on any atom is 0.240 e. The molecule has 1 fully saturated rings. The second-order valence-corrected chi connectivity index (χ2v) is 7.77. The average Bonchev–Trinajstić information content (AvgIpc) is 3.33. The number of nitrogens with one attached hydrogen (secondary N) is 1. The molecule has 6 nitrogen and oxygen atoms in total. The Labute approximate surface area is 137 Å². The van der Waals surface area contributed by atoms with E-state index in [0.29, 0.717) is 28.6 Å². The minimum Gasteiger partial charge on any atom is -0.381 e. The van der Waals surface area contributed by atoms with Crippen molar-refractivity contribution >= 4 is 31.8 Å². The van der Waals surface area contributed by atoms with Crippen LogP contribution in [0.2, 0.25) is 0 Å². The van der Waals surface area contributed by atoms with Crippen LogP contribution in [0.4, 0.5) is 5.82 Å². The number of hydrogen-bond acceptors (Lipinski definition) is 5. The highest BCUT2D eigenvalue weighted by Gasteiger charge is 2.24. The quantitative estimate of drug-likeness (QED) is 0.825. The molecule has 8 heteroatoms. The predicted molar refractivity (Wildman–Crippen MR) is 87.5 cm³/mol. The van der Waals surface area contributed by atoms with Gasteiger partial charge in [0.25, 0.3) is 0 Å². The number of nitrogens with zero attached hydrogens (tertiary/aromatic N) is 2. The molecule has 0 unspecified atom stereocenters. The standard InChI is InChI=1S/C14H15BrN4O2S/c15-13-14(16)17-8-12(19-13)10-3-5-11(6-4-10)22(20,21)18-7-9-1-2-9/h3-6,8-9,18H,1-2,7H2,(H2,16,17). The number of anilines is 1. The van der Waals surface area contributed by atoms with E-state index < -0.39 is 10.0 Å². The van der Waals surface area contributed by atoms with Crippen LogP contribution in [0.5, 0.6) is 0 Å². The number of nitrogens with two attached hydrogens (primary N) is 1. The molecule has 116 valence electrons. The molecule has 1 aliphatic carbocycles. The van der Waals surface area contributed by atoms with Gasteiger partial charge < -0.3 is 5.73 Å². The van der Waals surface area contributed by atoms with Crippen molar-refractivity contribution < 1.29 is 8.42 Å². The molecular formula is C14H15BrN4O2S. The average molecular weight is 383 g/mol. The van der Waals surface area contributed by atoms with Crippen LogP contribution in [-0.2, 0) is 10.0 Å². The number of hydrogen-bond donors (Lipinski definition) is 2. The number of halogens is 1. The van der Waals surface area contributed by atoms with Gasteiger partial charge in [-0.1, -0.05) is 12.1 Å². The van der Waals surface area contributed by atoms with Gasteiger partial charge in [0.2, 0.25) is 10.0 Å². The van der Waals surface area contributed by atoms with E-state index in [1.54, 1.807) is 30.5 Å². The SMILES string of the molecule is Nc1ncc(-c2ccc(S(=O)(=O)NCC3CC3)cc2)nc1Br. The fraction of sp³-hybridized carbons (Fsp3) is 0.286. The molecule has 1 heterocycles. The highest BCUT2D eigenvalue weighted by Crippen LogP contribution is 2.28. The minimum atomic E-state index is -3.44. The maximum absolute atomic E-state index is 12.1. The van der Waals surface area contributed by atoms with Crippen LogP contribution in [0.3, 0.4) is 0 Å². The summed E-state index contributed by atoms with van der Waals surface area (Å²) in [5.74, 6) is 0.809. The van der Waals surface area contributed by atoms with Crippen LogP contribution in [0.25, 0.3) is 11.3 Å². The first-order chi connectivity index (χ1) is 10.5. The van der Waals surface area contributed by atoms with Crippen LogP contribution in [0.15, 0.2) is 40.0 Å². The summed E-state index contributed by atoms with van der Waals surface area (Å²) < 4.78 is 27.4. The first-order valence-electron chi connectivity index (χ1n) is 6.84. The summed E-state index contributed by atoms with van der Waals surface area (Å²) in [6.07, 6.45) is 3.76. The normalized spacial score (nSPS) is 15.0. The monoisotopic (exact) mass is 382 g/mol. The third-order valence-electron chi connectivity index (χ3n) is 3.48. The Hall–Kier alpha value is -1.51. The molecule has 22 heavy (non-hydrogen) atoms. The fourth-order valence-corrected chi connectivity index (χ4v) is 3.36. The number of sulfonamides is 1. The third-order valence-corrected chi connectivity index (χ3v) is 5.50. The lowest BCUT2D eigenvalue weighted by Crippen LogP contribution is -2.25. The zero-order valence-corrected chi connectivity index (χ0v) is 14.1. The lowest BCUT2D eigenvalue weighted by Gasteiger charge is -2.07. The topological polar surface area (TPSA) is 98.0 Å². The fourth-order valence-electron chi connectivity index (χ4n) is 1.95. The van der Waals surface area contributed by atoms with Crippen molar-refractivity contribution in [1.82, 2.24) is 14.7 Å². The van der Waals surface area contributed by atoms with E-state index >= 15 is 0 Å². The Bertz CT molecular complexity index is 789. The first kappa shape index (κ1) is 15.4. The minimum absolute atomic E-state index is 0.249. The molecule has 1 aliphatic rings. The van der Waals surface area contributed by atoms with E-state index in [2.05, 4.69) is 30.6 Å². The summed E-state index contributed by atoms with van der Waals surface area (Å²) in [6.45, 7) is 0.514. The van der Waals surface area contributed by atoms with Crippen molar-refractivity contribution in [3.8, 4) is 11.3 Å². The van der Waals surface area contributed by atoms with Gasteiger partial charge in [0.05, 0.1) is 16.8 Å². The molecule has 0 saturated heterocycles. The zero-order valence-electron chi connectivity index (χ0n) is 11.7. The molecule has 3 N–H and O–H groups in total. The second-order valence-electron chi connectivity index (χ2n) is 5.25. The van der Waals surface area contributed by atoms with Gasteiger partial charge in [-0.05, 0) is 46.8 Å². The van der Waals surface area contributed by atoms with Crippen molar-refractivity contribution in [1.29, 1.82) is 0 Å². The maximum atomic E-state index is 12.1. The van der Waals surface area contributed by atoms with E-state index in [1.165, 1.54) is 0 Å². The van der Waals surface area contributed by atoms with E-state index in [1.807, 2.05) is 0 Å². The molecule has 0 spiro atoms. The van der Waals surface area contributed by atoms with Crippen molar-refractivity contribution in [3.63, 3.8) is 0 Å². The molecule has 0 aliphatic heterocycles. The first-order valence-corrected chi connectivity index (χ1v) is 9.11. The number of nitrogen functional groups attached to an aromatic ring is 1. The number of rotatable bonds is 5. The number of aromatic nitrogens is 2. The molecule has 2 aromatic rings. The van der Waals surface area contributed by atoms with Gasteiger partial charge in [0, 0.05) is 12.1 Å². The van der Waals surface area contributed by atoms with Gasteiger partial charge in [0.1, 0.15) is 4.60 Å². The Balaban J connectivity index is 1.80. The highest BCUT2D eigenvalue weighted by molar-refractivity contribution is 9.10. The van der Waals surface area contributed by atoms with Gasteiger partial charge in [0.15, 0.2) is 5.82 Å². The molecule has 1 aromatic carbocycles. The van der Waals surface area contributed by atoms with Crippen molar-refractivity contribution in [3.05, 3.63) is 35.1 Å². The Morgan fingerprint density at radius 2 is 1.95 bits per heavy atom. The van der Waals surface area contributed by atoms with Crippen molar-refractivity contribution in [2.75, 3.05) is 12.3 Å². The van der Waals surface area contributed by atoms with Crippen LogP contribution in [0.1, 0.15) is 12.8 Å². The van der Waals surface area contributed by atoms with Gasteiger partial charge in [-0.2, -0.15) is 0 Å². The summed E-state index contributed by atoms with van der Waals surface area (Å²) in [5.41, 5.74) is 7.00. The summed E-state index contributed by atoms with van der Waals surface area (Å²) in [5, 5.41) is 0. The van der Waals surface area contributed by atoms with E-state index in [0.717, 1.165) is 18.4 Å².